The SMILES string of the molecule is O=c1ncn(Cc2ccc3ccccc3c2)c2ncn(Cc3ccc4ccccc4c3)c12. The Hall–Kier alpha value is -4.25. The molecule has 154 valence electrons. The van der Waals surface area contributed by atoms with E-state index in [1.807, 2.05) is 33.4 Å². The molecule has 0 atom stereocenters. The van der Waals surface area contributed by atoms with Gasteiger partial charge >= 0.3 is 0 Å². The Labute approximate surface area is 184 Å². The van der Waals surface area contributed by atoms with Gasteiger partial charge in [0.1, 0.15) is 6.33 Å². The van der Waals surface area contributed by atoms with Gasteiger partial charge in [-0.1, -0.05) is 72.8 Å². The van der Waals surface area contributed by atoms with Crippen LogP contribution in [0, 0.1) is 0 Å². The van der Waals surface area contributed by atoms with E-state index in [1.54, 1.807) is 12.7 Å². The zero-order valence-electron chi connectivity index (χ0n) is 17.3. The molecule has 0 aliphatic carbocycles. The van der Waals surface area contributed by atoms with E-state index >= 15 is 0 Å². The van der Waals surface area contributed by atoms with E-state index in [0.717, 1.165) is 11.1 Å². The molecule has 0 N–H and O–H groups in total. The summed E-state index contributed by atoms with van der Waals surface area (Å²) in [6, 6.07) is 29.3. The summed E-state index contributed by atoms with van der Waals surface area (Å²) >= 11 is 0. The maximum Gasteiger partial charge on any atom is 0.298 e. The number of hydrogen-bond acceptors (Lipinski definition) is 3. The summed E-state index contributed by atoms with van der Waals surface area (Å²) in [6.07, 6.45) is 3.33. The largest absolute Gasteiger partial charge is 0.320 e. The second-order valence-corrected chi connectivity index (χ2v) is 8.09. The number of fused-ring (bicyclic) bond motifs is 3. The fourth-order valence-corrected chi connectivity index (χ4v) is 4.34. The van der Waals surface area contributed by atoms with Gasteiger partial charge in [0, 0.05) is 6.54 Å². The van der Waals surface area contributed by atoms with Crippen LogP contribution in [0.25, 0.3) is 32.7 Å². The highest BCUT2D eigenvalue weighted by molar-refractivity contribution is 5.84. The minimum Gasteiger partial charge on any atom is -0.320 e. The Balaban J connectivity index is 1.38. The highest BCUT2D eigenvalue weighted by Crippen LogP contribution is 2.19. The smallest absolute Gasteiger partial charge is 0.298 e. The van der Waals surface area contributed by atoms with Crippen LogP contribution < -0.4 is 5.56 Å². The molecule has 0 amide bonds. The predicted molar refractivity (Wildman–Crippen MR) is 128 cm³/mol. The van der Waals surface area contributed by atoms with Crippen LogP contribution in [0.3, 0.4) is 0 Å². The lowest BCUT2D eigenvalue weighted by atomic mass is 10.1. The number of rotatable bonds is 4. The average Bonchev–Trinajstić information content (AvgIpc) is 3.25. The van der Waals surface area contributed by atoms with E-state index in [4.69, 9.17) is 0 Å². The van der Waals surface area contributed by atoms with Gasteiger partial charge in [-0.05, 0) is 44.8 Å². The van der Waals surface area contributed by atoms with Gasteiger partial charge in [-0.15, -0.1) is 0 Å². The Morgan fingerprint density at radius 1 is 0.594 bits per heavy atom. The van der Waals surface area contributed by atoms with Crippen molar-refractivity contribution in [3.63, 3.8) is 0 Å². The van der Waals surface area contributed by atoms with Crippen LogP contribution in [-0.2, 0) is 13.1 Å². The molecule has 0 saturated carbocycles. The predicted octanol–water partition coefficient (Wildman–Crippen LogP) is 5.00. The van der Waals surface area contributed by atoms with Crippen molar-refractivity contribution in [2.75, 3.05) is 0 Å². The zero-order valence-corrected chi connectivity index (χ0v) is 17.3. The molecule has 6 aromatic rings. The highest BCUT2D eigenvalue weighted by Gasteiger charge is 2.12. The number of imidazole rings is 1. The molecular formula is C27H20N4O. The van der Waals surface area contributed by atoms with E-state index in [-0.39, 0.29) is 5.56 Å². The van der Waals surface area contributed by atoms with Crippen LogP contribution in [0.1, 0.15) is 11.1 Å². The molecule has 0 bridgehead atoms. The Morgan fingerprint density at radius 2 is 1.12 bits per heavy atom. The van der Waals surface area contributed by atoms with Gasteiger partial charge in [-0.2, -0.15) is 4.98 Å². The minimum atomic E-state index is -0.256. The van der Waals surface area contributed by atoms with Gasteiger partial charge in [0.2, 0.25) is 0 Å². The molecule has 2 heterocycles. The van der Waals surface area contributed by atoms with E-state index in [1.165, 1.54) is 21.5 Å². The van der Waals surface area contributed by atoms with Gasteiger partial charge in [-0.3, -0.25) is 4.79 Å². The molecule has 0 aliphatic rings. The number of hydrogen-bond donors (Lipinski definition) is 0. The van der Waals surface area contributed by atoms with Crippen molar-refractivity contribution in [1.29, 1.82) is 0 Å². The Kier molecular flexibility index (Phi) is 4.32. The third kappa shape index (κ3) is 3.24. The highest BCUT2D eigenvalue weighted by atomic mass is 16.1. The van der Waals surface area contributed by atoms with Crippen LogP contribution in [-0.4, -0.2) is 19.1 Å². The molecule has 32 heavy (non-hydrogen) atoms. The average molecular weight is 416 g/mol. The van der Waals surface area contributed by atoms with Crippen LogP contribution in [0.2, 0.25) is 0 Å². The molecule has 0 fully saturated rings. The summed E-state index contributed by atoms with van der Waals surface area (Å²) < 4.78 is 3.84. The van der Waals surface area contributed by atoms with Crippen molar-refractivity contribution < 1.29 is 0 Å². The van der Waals surface area contributed by atoms with Gasteiger partial charge in [0.05, 0.1) is 12.9 Å². The van der Waals surface area contributed by atoms with Gasteiger partial charge in [0.25, 0.3) is 5.56 Å². The monoisotopic (exact) mass is 416 g/mol. The summed E-state index contributed by atoms with van der Waals surface area (Å²) in [4.78, 5) is 21.4. The molecule has 5 nitrogen and oxygen atoms in total. The maximum absolute atomic E-state index is 12.7. The van der Waals surface area contributed by atoms with Crippen LogP contribution in [0.15, 0.2) is 102 Å². The topological polar surface area (TPSA) is 52.7 Å². The van der Waals surface area contributed by atoms with Crippen molar-refractivity contribution in [2.24, 2.45) is 0 Å². The molecule has 4 aromatic carbocycles. The molecule has 2 aromatic heterocycles. The quantitative estimate of drug-likeness (QED) is 0.407. The molecular weight excluding hydrogens is 396 g/mol. The summed E-state index contributed by atoms with van der Waals surface area (Å²) in [6.45, 7) is 1.17. The molecule has 0 saturated heterocycles. The Bertz CT molecular complexity index is 1660. The first-order valence-electron chi connectivity index (χ1n) is 10.6. The normalized spacial score (nSPS) is 11.5. The van der Waals surface area contributed by atoms with Crippen molar-refractivity contribution >= 4 is 32.7 Å². The lowest BCUT2D eigenvalue weighted by molar-refractivity contribution is 0.784. The van der Waals surface area contributed by atoms with E-state index in [9.17, 15) is 4.79 Å². The summed E-state index contributed by atoms with van der Waals surface area (Å²) in [7, 11) is 0. The minimum absolute atomic E-state index is 0.256. The molecule has 0 radical (unpaired) electrons. The first-order valence-corrected chi connectivity index (χ1v) is 10.6. The first kappa shape index (κ1) is 18.5. The summed E-state index contributed by atoms with van der Waals surface area (Å²) in [5, 5.41) is 4.78. The first-order chi connectivity index (χ1) is 15.7. The Morgan fingerprint density at radius 3 is 1.75 bits per heavy atom. The standard InChI is InChI=1S/C27H20N4O/c32-27-25-26(28-17-30(25)15-19-9-11-21-5-1-3-7-23(21)13-19)31(18-29-27)16-20-10-12-22-6-2-4-8-24(22)14-20/h1-14,17-18H,15-16H2. The van der Waals surface area contributed by atoms with Crippen LogP contribution in [0.4, 0.5) is 0 Å². The van der Waals surface area contributed by atoms with Crippen molar-refractivity contribution in [3.05, 3.63) is 119 Å². The molecule has 6 rings (SSSR count). The zero-order chi connectivity index (χ0) is 21.5. The van der Waals surface area contributed by atoms with Crippen LogP contribution in [0.5, 0.6) is 0 Å². The van der Waals surface area contributed by atoms with E-state index in [0.29, 0.717) is 24.3 Å². The second kappa shape index (κ2) is 7.46. The van der Waals surface area contributed by atoms with E-state index < -0.39 is 0 Å². The second-order valence-electron chi connectivity index (χ2n) is 8.09. The molecule has 0 spiro atoms. The summed E-state index contributed by atoms with van der Waals surface area (Å²) in [5.41, 5.74) is 3.18. The summed E-state index contributed by atoms with van der Waals surface area (Å²) in [5.74, 6) is 0. The lowest BCUT2D eigenvalue weighted by Crippen LogP contribution is -2.16. The number of aromatic nitrogens is 4. The van der Waals surface area contributed by atoms with Crippen molar-refractivity contribution in [3.8, 4) is 0 Å². The maximum atomic E-state index is 12.7. The lowest BCUT2D eigenvalue weighted by Gasteiger charge is -2.09. The number of benzene rings is 4. The molecule has 0 unspecified atom stereocenters. The van der Waals surface area contributed by atoms with E-state index in [2.05, 4.69) is 70.6 Å². The fraction of sp³-hybridized carbons (Fsp3) is 0.0741. The van der Waals surface area contributed by atoms with Gasteiger partial charge in [0.15, 0.2) is 11.2 Å². The molecule has 0 aliphatic heterocycles. The van der Waals surface area contributed by atoms with Gasteiger partial charge < -0.3 is 9.13 Å². The van der Waals surface area contributed by atoms with Crippen molar-refractivity contribution in [2.45, 2.75) is 13.1 Å². The van der Waals surface area contributed by atoms with Crippen molar-refractivity contribution in [1.82, 2.24) is 19.1 Å². The molecule has 5 heteroatoms. The van der Waals surface area contributed by atoms with Crippen LogP contribution >= 0.6 is 0 Å². The number of nitrogens with zero attached hydrogens (tertiary/aromatic N) is 4. The third-order valence-electron chi connectivity index (χ3n) is 5.94. The van der Waals surface area contributed by atoms with Gasteiger partial charge in [-0.25, -0.2) is 4.98 Å². The third-order valence-corrected chi connectivity index (χ3v) is 5.94. The fourth-order valence-electron chi connectivity index (χ4n) is 4.34.